The number of aromatic nitrogens is 2. The lowest BCUT2D eigenvalue weighted by Gasteiger charge is -2.07. The van der Waals surface area contributed by atoms with E-state index in [0.717, 1.165) is 4.57 Å². The highest BCUT2D eigenvalue weighted by molar-refractivity contribution is 7.89. The van der Waals surface area contributed by atoms with E-state index in [9.17, 15) is 18.0 Å². The Bertz CT molecular complexity index is 1140. The second-order valence-corrected chi connectivity index (χ2v) is 7.76. The van der Waals surface area contributed by atoms with Crippen LogP contribution in [0.25, 0.3) is 11.1 Å². The van der Waals surface area contributed by atoms with E-state index < -0.39 is 21.7 Å². The summed E-state index contributed by atoms with van der Waals surface area (Å²) >= 11 is 0. The zero-order chi connectivity index (χ0) is 20.1. The molecular formula is C18H19N3O6S. The third-order valence-corrected chi connectivity index (χ3v) is 5.29. The molecule has 0 radical (unpaired) electrons. The van der Waals surface area contributed by atoms with Gasteiger partial charge in [-0.05, 0) is 30.2 Å². The van der Waals surface area contributed by atoms with Crippen LogP contribution in [0.5, 0.6) is 0 Å². The van der Waals surface area contributed by atoms with Crippen molar-refractivity contribution in [2.45, 2.75) is 31.3 Å². The highest BCUT2D eigenvalue weighted by atomic mass is 32.2. The molecule has 0 amide bonds. The van der Waals surface area contributed by atoms with E-state index in [0.29, 0.717) is 17.5 Å². The van der Waals surface area contributed by atoms with E-state index in [1.165, 1.54) is 18.2 Å². The van der Waals surface area contributed by atoms with Crippen molar-refractivity contribution in [2.24, 2.45) is 0 Å². The van der Waals surface area contributed by atoms with Crippen molar-refractivity contribution in [1.29, 1.82) is 0 Å². The molecule has 0 aliphatic carbocycles. The molecule has 2 heterocycles. The van der Waals surface area contributed by atoms with E-state index >= 15 is 0 Å². The molecule has 0 unspecified atom stereocenters. The summed E-state index contributed by atoms with van der Waals surface area (Å²) in [6, 6.07) is 7.47. The van der Waals surface area contributed by atoms with Gasteiger partial charge in [0, 0.05) is 25.0 Å². The maximum absolute atomic E-state index is 12.5. The smallest absolute Gasteiger partial charge is 0.420 e. The van der Waals surface area contributed by atoms with Crippen LogP contribution in [0.3, 0.4) is 0 Å². The number of benzene rings is 1. The van der Waals surface area contributed by atoms with Crippen molar-refractivity contribution < 1.29 is 22.4 Å². The summed E-state index contributed by atoms with van der Waals surface area (Å²) in [5, 5.41) is 0. The summed E-state index contributed by atoms with van der Waals surface area (Å²) in [6.45, 7) is 1.88. The molecule has 9 nitrogen and oxygen atoms in total. The summed E-state index contributed by atoms with van der Waals surface area (Å²) in [6.07, 6.45) is 3.82. The number of fused-ring (bicyclic) bond motifs is 1. The molecule has 3 aromatic rings. The molecule has 3 rings (SSSR count). The van der Waals surface area contributed by atoms with Crippen LogP contribution in [0, 0.1) is 0 Å². The van der Waals surface area contributed by atoms with Crippen LogP contribution in [-0.2, 0) is 32.6 Å². The number of oxazole rings is 1. The molecule has 1 aromatic carbocycles. The van der Waals surface area contributed by atoms with E-state index in [2.05, 4.69) is 9.71 Å². The zero-order valence-electron chi connectivity index (χ0n) is 15.1. The lowest BCUT2D eigenvalue weighted by molar-refractivity contribution is -0.144. The first kappa shape index (κ1) is 19.8. The quantitative estimate of drug-likeness (QED) is 0.563. The fourth-order valence-electron chi connectivity index (χ4n) is 2.52. The average molecular weight is 405 g/mol. The number of ether oxygens (including phenoxy) is 1. The molecule has 0 saturated heterocycles. The summed E-state index contributed by atoms with van der Waals surface area (Å²) < 4.78 is 38.6. The van der Waals surface area contributed by atoms with Crippen LogP contribution in [0.1, 0.15) is 18.9 Å². The lowest BCUT2D eigenvalue weighted by atomic mass is 10.3. The van der Waals surface area contributed by atoms with Crippen LogP contribution in [0.15, 0.2) is 56.8 Å². The Morgan fingerprint density at radius 1 is 1.32 bits per heavy atom. The second kappa shape index (κ2) is 8.36. The van der Waals surface area contributed by atoms with Crippen LogP contribution < -0.4 is 10.5 Å². The molecule has 0 bridgehead atoms. The predicted molar refractivity (Wildman–Crippen MR) is 100.0 cm³/mol. The Balaban J connectivity index is 1.82. The first-order chi connectivity index (χ1) is 13.4. The zero-order valence-corrected chi connectivity index (χ0v) is 15.9. The van der Waals surface area contributed by atoms with Gasteiger partial charge in [-0.25, -0.2) is 17.9 Å². The molecule has 0 fully saturated rings. The minimum Gasteiger partial charge on any atom is -0.464 e. The van der Waals surface area contributed by atoms with Gasteiger partial charge < -0.3 is 9.15 Å². The summed E-state index contributed by atoms with van der Waals surface area (Å²) in [5.74, 6) is -1.33. The predicted octanol–water partition coefficient (Wildman–Crippen LogP) is 1.42. The number of esters is 1. The highest BCUT2D eigenvalue weighted by Crippen LogP contribution is 2.19. The highest BCUT2D eigenvalue weighted by Gasteiger charge is 2.19. The summed E-state index contributed by atoms with van der Waals surface area (Å²) in [7, 11) is -3.83. The van der Waals surface area contributed by atoms with Crippen molar-refractivity contribution in [3.05, 3.63) is 58.8 Å². The van der Waals surface area contributed by atoms with Crippen molar-refractivity contribution in [3.63, 3.8) is 0 Å². The van der Waals surface area contributed by atoms with Gasteiger partial charge in [0.1, 0.15) is 6.54 Å². The Kier molecular flexibility index (Phi) is 5.90. The molecule has 28 heavy (non-hydrogen) atoms. The maximum Gasteiger partial charge on any atom is 0.420 e. The van der Waals surface area contributed by atoms with E-state index in [1.807, 2.05) is 6.92 Å². The van der Waals surface area contributed by atoms with Gasteiger partial charge >= 0.3 is 11.7 Å². The van der Waals surface area contributed by atoms with Gasteiger partial charge in [-0.15, -0.1) is 0 Å². The monoisotopic (exact) mass is 405 g/mol. The number of carbonyl (C=O) groups is 1. The maximum atomic E-state index is 12.5. The summed E-state index contributed by atoms with van der Waals surface area (Å²) in [5.41, 5.74) is 1.08. The van der Waals surface area contributed by atoms with Crippen molar-refractivity contribution >= 4 is 27.1 Å². The number of hydrogen-bond acceptors (Lipinski definition) is 7. The van der Waals surface area contributed by atoms with Gasteiger partial charge in [0.25, 0.3) is 0 Å². The number of nitrogens with one attached hydrogen (secondary N) is 1. The minimum atomic E-state index is -3.83. The van der Waals surface area contributed by atoms with Crippen molar-refractivity contribution in [3.8, 4) is 0 Å². The first-order valence-corrected chi connectivity index (χ1v) is 10.1. The molecule has 1 N–H and O–H groups in total. The van der Waals surface area contributed by atoms with Gasteiger partial charge in [-0.1, -0.05) is 13.0 Å². The summed E-state index contributed by atoms with van der Waals surface area (Å²) in [4.78, 5) is 27.7. The largest absolute Gasteiger partial charge is 0.464 e. The molecule has 148 valence electrons. The third kappa shape index (κ3) is 4.46. The SMILES string of the molecule is CCCOC(=O)Cn1c(=O)oc2cc(S(=O)(=O)NCc3cccnc3)ccc21. The Morgan fingerprint density at radius 2 is 2.14 bits per heavy atom. The van der Waals surface area contributed by atoms with Crippen LogP contribution in [-0.4, -0.2) is 30.5 Å². The third-order valence-electron chi connectivity index (χ3n) is 3.89. The molecule has 0 aliphatic rings. The number of carbonyl (C=O) groups excluding carboxylic acids is 1. The van der Waals surface area contributed by atoms with Gasteiger partial charge in [-0.3, -0.25) is 14.3 Å². The number of hydrogen-bond donors (Lipinski definition) is 1. The molecule has 2 aromatic heterocycles. The van der Waals surface area contributed by atoms with Gasteiger partial charge in [0.15, 0.2) is 5.58 Å². The van der Waals surface area contributed by atoms with Crippen LogP contribution >= 0.6 is 0 Å². The van der Waals surface area contributed by atoms with E-state index in [1.54, 1.807) is 24.5 Å². The Labute approximate surface area is 161 Å². The topological polar surface area (TPSA) is 120 Å². The van der Waals surface area contributed by atoms with Gasteiger partial charge in [-0.2, -0.15) is 0 Å². The second-order valence-electron chi connectivity index (χ2n) is 5.99. The first-order valence-electron chi connectivity index (χ1n) is 8.58. The number of sulfonamides is 1. The minimum absolute atomic E-state index is 0.0571. The number of pyridine rings is 1. The number of rotatable bonds is 8. The van der Waals surface area contributed by atoms with Gasteiger partial charge in [0.05, 0.1) is 17.0 Å². The van der Waals surface area contributed by atoms with Crippen molar-refractivity contribution in [2.75, 3.05) is 6.61 Å². The Hall–Kier alpha value is -2.98. The van der Waals surface area contributed by atoms with Crippen LogP contribution in [0.4, 0.5) is 0 Å². The Morgan fingerprint density at radius 3 is 2.86 bits per heavy atom. The molecular weight excluding hydrogens is 386 g/mol. The molecule has 0 saturated carbocycles. The van der Waals surface area contributed by atoms with Crippen molar-refractivity contribution in [1.82, 2.24) is 14.3 Å². The van der Waals surface area contributed by atoms with Gasteiger partial charge in [0.2, 0.25) is 10.0 Å². The lowest BCUT2D eigenvalue weighted by Crippen LogP contribution is -2.23. The average Bonchev–Trinajstić information content (AvgIpc) is 3.00. The number of nitrogens with zero attached hydrogens (tertiary/aromatic N) is 2. The van der Waals surface area contributed by atoms with E-state index in [4.69, 9.17) is 9.15 Å². The standard InChI is InChI=1S/C18H19N3O6S/c1-2-8-26-17(22)12-21-15-6-5-14(9-16(15)27-18(21)23)28(24,25)20-11-13-4-3-7-19-10-13/h3-7,9-10,20H,2,8,11-12H2,1H3. The van der Waals surface area contributed by atoms with E-state index in [-0.39, 0.29) is 30.2 Å². The molecule has 0 aliphatic heterocycles. The molecule has 10 heteroatoms. The fraction of sp³-hybridized carbons (Fsp3) is 0.278. The molecule has 0 atom stereocenters. The normalized spacial score (nSPS) is 11.6. The fourth-order valence-corrected chi connectivity index (χ4v) is 3.55. The van der Waals surface area contributed by atoms with Crippen LogP contribution in [0.2, 0.25) is 0 Å². The molecule has 0 spiro atoms.